The van der Waals surface area contributed by atoms with Gasteiger partial charge in [-0.1, -0.05) is 11.3 Å². The van der Waals surface area contributed by atoms with Crippen LogP contribution in [0.1, 0.15) is 24.8 Å². The molecule has 0 bridgehead atoms. The number of aromatic nitrogens is 1. The van der Waals surface area contributed by atoms with Gasteiger partial charge in [-0.3, -0.25) is 14.9 Å². The van der Waals surface area contributed by atoms with Gasteiger partial charge in [-0.25, -0.2) is 4.98 Å². The van der Waals surface area contributed by atoms with Gasteiger partial charge in [0, 0.05) is 6.20 Å². The van der Waals surface area contributed by atoms with Crippen LogP contribution < -0.4 is 10.2 Å². The molecule has 1 aromatic rings. The lowest BCUT2D eigenvalue weighted by Crippen LogP contribution is -2.57. The molecule has 2 amide bonds. The van der Waals surface area contributed by atoms with Crippen LogP contribution in [0.25, 0.3) is 0 Å². The average molecular weight is 255 g/mol. The van der Waals surface area contributed by atoms with Gasteiger partial charge in [0.1, 0.15) is 12.6 Å². The van der Waals surface area contributed by atoms with E-state index in [4.69, 9.17) is 0 Å². The minimum absolute atomic E-state index is 0.111. The molecule has 7 heteroatoms. The Morgan fingerprint density at radius 1 is 1.65 bits per heavy atom. The molecular weight excluding hydrogens is 242 g/mol. The zero-order valence-corrected chi connectivity index (χ0v) is 10.3. The summed E-state index contributed by atoms with van der Waals surface area (Å²) in [6, 6.07) is -0.430. The standard InChI is InChI=1S/C10H13N3O3S/c1-5-9(16)12-8(15)4-13(5)10-11-3-7(17-10)6(2)14/h3,5-6,14H,4H2,1-2H3,(H,12,15,16). The Kier molecular flexibility index (Phi) is 3.12. The SMILES string of the molecule is CC(O)c1cnc(N2CC(=O)NC(=O)C2C)s1. The fraction of sp³-hybridized carbons (Fsp3) is 0.500. The summed E-state index contributed by atoms with van der Waals surface area (Å²) in [6.45, 7) is 3.47. The second kappa shape index (κ2) is 4.42. The first-order valence-electron chi connectivity index (χ1n) is 5.23. The lowest BCUT2D eigenvalue weighted by Gasteiger charge is -2.31. The summed E-state index contributed by atoms with van der Waals surface area (Å²) in [4.78, 5) is 29.3. The molecule has 92 valence electrons. The Balaban J connectivity index is 2.25. The molecule has 1 aromatic heterocycles. The fourth-order valence-corrected chi connectivity index (χ4v) is 2.48. The van der Waals surface area contributed by atoms with Crippen LogP contribution in [0, 0.1) is 0 Å². The van der Waals surface area contributed by atoms with Crippen molar-refractivity contribution >= 4 is 28.3 Å². The van der Waals surface area contributed by atoms with Crippen molar-refractivity contribution < 1.29 is 14.7 Å². The number of carbonyl (C=O) groups is 2. The molecule has 0 saturated carbocycles. The molecule has 1 fully saturated rings. The van der Waals surface area contributed by atoms with Gasteiger partial charge in [0.15, 0.2) is 5.13 Å². The summed E-state index contributed by atoms with van der Waals surface area (Å²) in [5, 5.41) is 12.3. The zero-order valence-electron chi connectivity index (χ0n) is 9.51. The van der Waals surface area contributed by atoms with Crippen LogP contribution in [-0.4, -0.2) is 34.5 Å². The smallest absolute Gasteiger partial charge is 0.249 e. The highest BCUT2D eigenvalue weighted by molar-refractivity contribution is 7.15. The molecule has 17 heavy (non-hydrogen) atoms. The maximum absolute atomic E-state index is 11.5. The van der Waals surface area contributed by atoms with E-state index >= 15 is 0 Å². The van der Waals surface area contributed by atoms with Gasteiger partial charge in [0.25, 0.3) is 0 Å². The van der Waals surface area contributed by atoms with Crippen LogP contribution in [0.3, 0.4) is 0 Å². The largest absolute Gasteiger partial charge is 0.388 e. The van der Waals surface area contributed by atoms with Crippen molar-refractivity contribution in [1.82, 2.24) is 10.3 Å². The van der Waals surface area contributed by atoms with Gasteiger partial charge in [-0.2, -0.15) is 0 Å². The van der Waals surface area contributed by atoms with E-state index < -0.39 is 12.1 Å². The summed E-state index contributed by atoms with van der Waals surface area (Å²) < 4.78 is 0. The van der Waals surface area contributed by atoms with E-state index in [9.17, 15) is 14.7 Å². The van der Waals surface area contributed by atoms with Gasteiger partial charge in [-0.05, 0) is 13.8 Å². The van der Waals surface area contributed by atoms with Crippen LogP contribution in [0.4, 0.5) is 5.13 Å². The summed E-state index contributed by atoms with van der Waals surface area (Å²) in [7, 11) is 0. The molecule has 6 nitrogen and oxygen atoms in total. The number of hydrogen-bond donors (Lipinski definition) is 2. The van der Waals surface area contributed by atoms with Crippen LogP contribution in [0.5, 0.6) is 0 Å². The number of aliphatic hydroxyl groups excluding tert-OH is 1. The summed E-state index contributed by atoms with van der Waals surface area (Å²) in [5.41, 5.74) is 0. The first kappa shape index (κ1) is 12.0. The average Bonchev–Trinajstić information content (AvgIpc) is 2.72. The minimum Gasteiger partial charge on any atom is -0.388 e. The van der Waals surface area contributed by atoms with E-state index in [0.29, 0.717) is 10.0 Å². The first-order valence-corrected chi connectivity index (χ1v) is 6.05. The number of rotatable bonds is 2. The molecule has 0 radical (unpaired) electrons. The molecule has 1 saturated heterocycles. The number of anilines is 1. The van der Waals surface area contributed by atoms with Crippen molar-refractivity contribution in [2.75, 3.05) is 11.4 Å². The van der Waals surface area contributed by atoms with E-state index in [1.165, 1.54) is 11.3 Å². The van der Waals surface area contributed by atoms with E-state index in [-0.39, 0.29) is 18.4 Å². The molecule has 0 aliphatic carbocycles. The third-order valence-corrected chi connectivity index (χ3v) is 3.80. The van der Waals surface area contributed by atoms with Crippen LogP contribution >= 0.6 is 11.3 Å². The second-order valence-electron chi connectivity index (χ2n) is 3.94. The Hall–Kier alpha value is -1.47. The number of thiazole rings is 1. The van der Waals surface area contributed by atoms with E-state index in [2.05, 4.69) is 10.3 Å². The van der Waals surface area contributed by atoms with Gasteiger partial charge in [-0.15, -0.1) is 0 Å². The number of imide groups is 1. The quantitative estimate of drug-likeness (QED) is 0.730. The first-order chi connectivity index (χ1) is 7.99. The van der Waals surface area contributed by atoms with Gasteiger partial charge >= 0.3 is 0 Å². The maximum Gasteiger partial charge on any atom is 0.249 e. The molecule has 2 rings (SSSR count). The lowest BCUT2D eigenvalue weighted by molar-refractivity contribution is -0.132. The highest BCUT2D eigenvalue weighted by Crippen LogP contribution is 2.28. The number of nitrogens with zero attached hydrogens (tertiary/aromatic N) is 2. The van der Waals surface area contributed by atoms with Crippen LogP contribution in [-0.2, 0) is 9.59 Å². The highest BCUT2D eigenvalue weighted by Gasteiger charge is 2.32. The Bertz CT molecular complexity index is 457. The van der Waals surface area contributed by atoms with Gasteiger partial charge < -0.3 is 10.0 Å². The normalized spacial score (nSPS) is 22.5. The number of amides is 2. The predicted octanol–water partition coefficient (Wildman–Crippen LogP) is 0.0477. The Labute approximate surface area is 102 Å². The molecule has 1 aliphatic rings. The monoisotopic (exact) mass is 255 g/mol. The number of piperazine rings is 1. The number of nitrogens with one attached hydrogen (secondary N) is 1. The zero-order chi connectivity index (χ0) is 12.6. The second-order valence-corrected chi connectivity index (χ2v) is 4.98. The van der Waals surface area contributed by atoms with Gasteiger partial charge in [0.05, 0.1) is 11.0 Å². The molecule has 2 N–H and O–H groups in total. The Morgan fingerprint density at radius 2 is 2.35 bits per heavy atom. The summed E-state index contributed by atoms with van der Waals surface area (Å²) in [5.74, 6) is -0.656. The van der Waals surface area contributed by atoms with Crippen molar-refractivity contribution in [2.24, 2.45) is 0 Å². The van der Waals surface area contributed by atoms with Crippen molar-refractivity contribution in [3.8, 4) is 0 Å². The third-order valence-electron chi connectivity index (χ3n) is 2.59. The van der Waals surface area contributed by atoms with E-state index in [1.807, 2.05) is 0 Å². The van der Waals surface area contributed by atoms with Crippen molar-refractivity contribution in [3.05, 3.63) is 11.1 Å². The maximum atomic E-state index is 11.5. The van der Waals surface area contributed by atoms with E-state index in [0.717, 1.165) is 0 Å². The number of hydrogen-bond acceptors (Lipinski definition) is 6. The molecule has 0 aromatic carbocycles. The minimum atomic E-state index is -0.592. The summed E-state index contributed by atoms with van der Waals surface area (Å²) >= 11 is 1.29. The fourth-order valence-electron chi connectivity index (χ4n) is 1.55. The van der Waals surface area contributed by atoms with Crippen molar-refractivity contribution in [3.63, 3.8) is 0 Å². The molecule has 0 spiro atoms. The topological polar surface area (TPSA) is 82.5 Å². The molecule has 1 aliphatic heterocycles. The highest BCUT2D eigenvalue weighted by atomic mass is 32.1. The van der Waals surface area contributed by atoms with Crippen LogP contribution in [0.15, 0.2) is 6.20 Å². The molecular formula is C10H13N3O3S. The van der Waals surface area contributed by atoms with Gasteiger partial charge in [0.2, 0.25) is 11.8 Å². The third kappa shape index (κ3) is 2.29. The Morgan fingerprint density at radius 3 is 2.94 bits per heavy atom. The molecule has 2 unspecified atom stereocenters. The number of carbonyl (C=O) groups excluding carboxylic acids is 2. The lowest BCUT2D eigenvalue weighted by atomic mass is 10.2. The molecule has 2 heterocycles. The number of aliphatic hydroxyl groups is 1. The van der Waals surface area contributed by atoms with Crippen LogP contribution in [0.2, 0.25) is 0 Å². The van der Waals surface area contributed by atoms with Crippen molar-refractivity contribution in [1.29, 1.82) is 0 Å². The predicted molar refractivity (Wildman–Crippen MR) is 62.7 cm³/mol. The summed E-state index contributed by atoms with van der Waals surface area (Å²) in [6.07, 6.45) is 0.972. The van der Waals surface area contributed by atoms with Crippen molar-refractivity contribution in [2.45, 2.75) is 26.0 Å². The molecule has 2 atom stereocenters. The van der Waals surface area contributed by atoms with E-state index in [1.54, 1.807) is 24.9 Å².